The summed E-state index contributed by atoms with van der Waals surface area (Å²) in [5.74, 6) is 4.63. The van der Waals surface area contributed by atoms with Crippen LogP contribution in [-0.4, -0.2) is 52.4 Å². The van der Waals surface area contributed by atoms with Crippen molar-refractivity contribution in [3.05, 3.63) is 123 Å². The molecular weight excluding hydrogens is 795 g/mol. The van der Waals surface area contributed by atoms with Crippen molar-refractivity contribution in [2.24, 2.45) is 22.6 Å². The maximum Gasteiger partial charge on any atom is 0.192 e. The van der Waals surface area contributed by atoms with E-state index in [0.717, 1.165) is 64.4 Å². The van der Waals surface area contributed by atoms with Crippen LogP contribution in [0.1, 0.15) is 115 Å². The number of carbonyl (C=O) groups excluding carboxylic acids is 1. The lowest BCUT2D eigenvalue weighted by atomic mass is 9.72. The van der Waals surface area contributed by atoms with Crippen LogP contribution < -0.4 is 20.5 Å². The standard InChI is InChI=1S/C52H57N3O8/c1-30-11-18-40-43-29-63-46-24-32(13-20-45(46)61-3)12-16-38(57)27-39(62-22-21-34-15-19-41(49(43)51(59)60)50-47(34)44(58)28-42(30)48(40)50)26-35-25-37(56)17-14-33(35)9-5-4-7-31-8-6-10-36(23-31)55-52(53)54-2/h6,8,10-11,13-14,17-18,20,23-25,28,30,33-35,39,51,56,58-60H,4-5,7,9,12,15-16,19,26-27,29H2,1-3H3,(H3,53,54,55). The Hall–Kier alpha value is -6.22. The highest BCUT2D eigenvalue weighted by atomic mass is 16.5. The molecule has 5 aliphatic rings. The zero-order valence-corrected chi connectivity index (χ0v) is 36.2. The van der Waals surface area contributed by atoms with Crippen molar-refractivity contribution in [3.8, 4) is 29.3 Å². The zero-order chi connectivity index (χ0) is 44.2. The number of nitrogens with one attached hydrogen (secondary N) is 1. The van der Waals surface area contributed by atoms with Gasteiger partial charge < -0.3 is 45.7 Å². The fraction of sp³-hybridized carbons (Fsp3) is 0.385. The molecule has 63 heavy (non-hydrogen) atoms. The summed E-state index contributed by atoms with van der Waals surface area (Å²) in [6, 6.07) is 15.6. The molecular formula is C52H57N3O8. The number of nitrogens with two attached hydrogens (primary N) is 1. The average molecular weight is 852 g/mol. The number of guanidine groups is 1. The summed E-state index contributed by atoms with van der Waals surface area (Å²) in [6.07, 6.45) is 16.5. The number of unbranched alkanes of at least 4 members (excludes halogenated alkanes) is 1. The highest BCUT2D eigenvalue weighted by Gasteiger charge is 2.35. The lowest BCUT2D eigenvalue weighted by Crippen LogP contribution is -2.24. The first kappa shape index (κ1) is 43.4. The number of aromatic hydroxyl groups is 1. The predicted octanol–water partition coefficient (Wildman–Crippen LogP) is 8.93. The van der Waals surface area contributed by atoms with Gasteiger partial charge in [0.25, 0.3) is 0 Å². The van der Waals surface area contributed by atoms with E-state index in [0.29, 0.717) is 59.8 Å². The minimum absolute atomic E-state index is 0.00319. The molecule has 0 aromatic heterocycles. The molecule has 2 heterocycles. The fourth-order valence-electron chi connectivity index (χ4n) is 9.94. The molecule has 0 saturated carbocycles. The van der Waals surface area contributed by atoms with E-state index in [1.807, 2.05) is 48.6 Å². The molecule has 5 atom stereocenters. The van der Waals surface area contributed by atoms with Gasteiger partial charge in [-0.25, -0.2) is 0 Å². The number of hydrogen-bond donors (Lipinski definition) is 6. The van der Waals surface area contributed by atoms with Crippen LogP contribution in [0.25, 0.3) is 16.8 Å². The smallest absolute Gasteiger partial charge is 0.192 e. The molecule has 9 rings (SSSR count). The second-order valence-electron chi connectivity index (χ2n) is 17.2. The SMILES string of the molecule is CN=C(N)Nc1cccc(CCCCC2C=CC(O)=CC2CC2CC(=O)CCc3ccc(OC)c(c3)OCc3c(C(O)O)c4c5c(c(O)cc6c5c3C=CC6C)C(C#CO2)CC4)c1. The van der Waals surface area contributed by atoms with E-state index in [4.69, 9.17) is 19.9 Å². The van der Waals surface area contributed by atoms with Crippen molar-refractivity contribution < 1.29 is 39.4 Å². The number of ether oxygens (including phenoxy) is 3. The molecule has 4 aromatic rings. The lowest BCUT2D eigenvalue weighted by molar-refractivity contribution is -0.121. The third-order valence-electron chi connectivity index (χ3n) is 13.1. The number of carbonyl (C=O) groups is 1. The number of nitrogens with zero attached hydrogens (tertiary/aromatic N) is 1. The molecule has 3 aliphatic carbocycles. The Kier molecular flexibility index (Phi) is 13.1. The van der Waals surface area contributed by atoms with Crippen molar-refractivity contribution in [1.82, 2.24) is 0 Å². The van der Waals surface area contributed by atoms with Gasteiger partial charge in [0.2, 0.25) is 0 Å². The number of anilines is 1. The quantitative estimate of drug-likeness (QED) is 0.0297. The Morgan fingerprint density at radius 1 is 1.02 bits per heavy atom. The average Bonchev–Trinajstić information content (AvgIpc) is 3.27. The van der Waals surface area contributed by atoms with Gasteiger partial charge in [0.15, 0.2) is 23.7 Å². The second-order valence-corrected chi connectivity index (χ2v) is 17.2. The number of aliphatic imine (C=N–C) groups is 1. The van der Waals surface area contributed by atoms with Crippen molar-refractivity contribution in [2.75, 3.05) is 19.5 Å². The van der Waals surface area contributed by atoms with Gasteiger partial charge in [-0.15, -0.1) is 0 Å². The summed E-state index contributed by atoms with van der Waals surface area (Å²) in [5.41, 5.74) is 13.1. The minimum Gasteiger partial charge on any atom is -0.508 e. The van der Waals surface area contributed by atoms with Crippen LogP contribution in [0.3, 0.4) is 0 Å². The lowest BCUT2D eigenvalue weighted by Gasteiger charge is -2.32. The first-order valence-corrected chi connectivity index (χ1v) is 22.1. The Balaban J connectivity index is 1.10. The van der Waals surface area contributed by atoms with Crippen LogP contribution in [0.4, 0.5) is 5.69 Å². The van der Waals surface area contributed by atoms with Crippen molar-refractivity contribution >= 4 is 34.3 Å². The number of phenolic OH excluding ortho intramolecular Hbond substituents is 1. The zero-order valence-electron chi connectivity index (χ0n) is 36.2. The molecule has 11 heteroatoms. The van der Waals surface area contributed by atoms with E-state index in [1.54, 1.807) is 20.2 Å². The maximum atomic E-state index is 13.8. The predicted molar refractivity (Wildman–Crippen MR) is 246 cm³/mol. The third kappa shape index (κ3) is 9.43. The van der Waals surface area contributed by atoms with Crippen LogP contribution in [0.15, 0.2) is 83.6 Å². The topological polar surface area (TPSA) is 176 Å². The molecule has 2 aliphatic heterocycles. The Morgan fingerprint density at radius 3 is 2.68 bits per heavy atom. The van der Waals surface area contributed by atoms with Gasteiger partial charge in [0, 0.05) is 48.2 Å². The highest BCUT2D eigenvalue weighted by molar-refractivity contribution is 6.04. The van der Waals surface area contributed by atoms with E-state index in [2.05, 4.69) is 53.5 Å². The molecule has 0 saturated heterocycles. The number of allylic oxidation sites excluding steroid dienone is 4. The molecule has 11 nitrogen and oxygen atoms in total. The molecule has 4 aromatic carbocycles. The molecule has 0 radical (unpaired) electrons. The third-order valence-corrected chi connectivity index (χ3v) is 13.1. The van der Waals surface area contributed by atoms with Crippen molar-refractivity contribution in [3.63, 3.8) is 0 Å². The number of aryl methyl sites for hydroxylation is 3. The molecule has 7 N–H and O–H groups in total. The molecule has 0 fully saturated rings. The summed E-state index contributed by atoms with van der Waals surface area (Å²) < 4.78 is 18.6. The van der Waals surface area contributed by atoms with Crippen LogP contribution in [0.5, 0.6) is 17.2 Å². The Bertz CT molecular complexity index is 2580. The van der Waals surface area contributed by atoms with Gasteiger partial charge >= 0.3 is 0 Å². The number of aliphatic hydroxyl groups excluding tert-OH is 2. The number of hydrogen-bond acceptors (Lipinski definition) is 9. The van der Waals surface area contributed by atoms with Crippen LogP contribution in [-0.2, 0) is 35.4 Å². The Labute approximate surface area is 369 Å². The molecule has 328 valence electrons. The van der Waals surface area contributed by atoms with Crippen LogP contribution in [0.2, 0.25) is 0 Å². The van der Waals surface area contributed by atoms with E-state index in [9.17, 15) is 25.2 Å². The van der Waals surface area contributed by atoms with Gasteiger partial charge in [0.05, 0.1) is 13.0 Å². The molecule has 5 unspecified atom stereocenters. The van der Waals surface area contributed by atoms with Gasteiger partial charge in [0.1, 0.15) is 36.1 Å². The maximum absolute atomic E-state index is 13.8. The van der Waals surface area contributed by atoms with Crippen molar-refractivity contribution in [1.29, 1.82) is 0 Å². The number of benzene rings is 4. The van der Waals surface area contributed by atoms with Gasteiger partial charge in [-0.05, 0) is 138 Å². The molecule has 0 amide bonds. The number of methoxy groups -OCH3 is 1. The summed E-state index contributed by atoms with van der Waals surface area (Å²) in [5, 5.41) is 49.3. The number of aliphatic hydroxyl groups is 3. The number of fused-ring (bicyclic) bond motifs is 7. The van der Waals surface area contributed by atoms with Crippen molar-refractivity contribution in [2.45, 2.75) is 102 Å². The summed E-state index contributed by atoms with van der Waals surface area (Å²) in [6.45, 7) is 2.12. The first-order chi connectivity index (χ1) is 30.5. The number of rotatable bonds is 10. The normalized spacial score (nSPS) is 21.9. The highest BCUT2D eigenvalue weighted by Crippen LogP contribution is 2.51. The molecule has 8 bridgehead atoms. The van der Waals surface area contributed by atoms with Gasteiger partial charge in [-0.3, -0.25) is 9.79 Å². The van der Waals surface area contributed by atoms with E-state index in [1.165, 1.54) is 5.56 Å². The van der Waals surface area contributed by atoms with E-state index >= 15 is 0 Å². The van der Waals surface area contributed by atoms with E-state index in [-0.39, 0.29) is 54.5 Å². The van der Waals surface area contributed by atoms with E-state index < -0.39 is 18.3 Å². The number of phenols is 1. The summed E-state index contributed by atoms with van der Waals surface area (Å²) in [7, 11) is 3.22. The van der Waals surface area contributed by atoms with Crippen LogP contribution >= 0.6 is 0 Å². The Morgan fingerprint density at radius 2 is 1.87 bits per heavy atom. The number of Topliss-reactive ketones (excluding diaryl/α,β-unsaturated/α-hetero) is 1. The minimum atomic E-state index is -1.79. The van der Waals surface area contributed by atoms with Gasteiger partial charge in [-0.2, -0.15) is 0 Å². The summed E-state index contributed by atoms with van der Waals surface area (Å²) in [4.78, 5) is 17.8. The van der Waals surface area contributed by atoms with Crippen LogP contribution in [0, 0.1) is 23.9 Å². The fourth-order valence-corrected chi connectivity index (χ4v) is 9.94. The number of ketones is 1. The monoisotopic (exact) mass is 851 g/mol. The molecule has 0 spiro atoms. The summed E-state index contributed by atoms with van der Waals surface area (Å²) >= 11 is 0. The largest absolute Gasteiger partial charge is 0.508 e. The second kappa shape index (κ2) is 19.0. The first-order valence-electron chi connectivity index (χ1n) is 22.1. The van der Waals surface area contributed by atoms with Gasteiger partial charge in [-0.1, -0.05) is 55.7 Å².